The van der Waals surface area contributed by atoms with Crippen molar-refractivity contribution in [2.24, 2.45) is 17.1 Å². The van der Waals surface area contributed by atoms with Crippen LogP contribution >= 0.6 is 0 Å². The lowest BCUT2D eigenvalue weighted by atomic mass is 9.83. The largest absolute Gasteiger partial charge is 0.469 e. The standard InChI is InChI=1S/C14H24N2O3/c1-19-12(17)11-4-8-16(9-5-11)13(18)14(10-15)6-2-3-7-14/h11H,2-10,15H2,1H3. The Hall–Kier alpha value is -1.10. The smallest absolute Gasteiger partial charge is 0.308 e. The Morgan fingerprint density at radius 3 is 2.32 bits per heavy atom. The first-order valence-corrected chi connectivity index (χ1v) is 7.20. The molecule has 0 unspecified atom stereocenters. The summed E-state index contributed by atoms with van der Waals surface area (Å²) in [6, 6.07) is 0. The Balaban J connectivity index is 1.94. The summed E-state index contributed by atoms with van der Waals surface area (Å²) >= 11 is 0. The van der Waals surface area contributed by atoms with E-state index >= 15 is 0 Å². The van der Waals surface area contributed by atoms with Crippen molar-refractivity contribution in [1.82, 2.24) is 4.90 Å². The van der Waals surface area contributed by atoms with Gasteiger partial charge in [0.1, 0.15) is 0 Å². The molecule has 0 aromatic carbocycles. The second kappa shape index (κ2) is 5.90. The maximum atomic E-state index is 12.6. The fourth-order valence-corrected chi connectivity index (χ4v) is 3.38. The van der Waals surface area contributed by atoms with Crippen LogP contribution in [-0.4, -0.2) is 43.5 Å². The molecule has 1 amide bonds. The summed E-state index contributed by atoms with van der Waals surface area (Å²) in [6.07, 6.45) is 5.44. The van der Waals surface area contributed by atoms with E-state index in [1.54, 1.807) is 0 Å². The number of amides is 1. The van der Waals surface area contributed by atoms with Gasteiger partial charge >= 0.3 is 5.97 Å². The van der Waals surface area contributed by atoms with Crippen molar-refractivity contribution in [3.63, 3.8) is 0 Å². The molecule has 1 saturated carbocycles. The first-order valence-electron chi connectivity index (χ1n) is 7.20. The van der Waals surface area contributed by atoms with E-state index in [2.05, 4.69) is 0 Å². The maximum Gasteiger partial charge on any atom is 0.308 e. The molecule has 19 heavy (non-hydrogen) atoms. The Bertz CT molecular complexity index is 343. The number of hydrogen-bond acceptors (Lipinski definition) is 4. The number of carbonyl (C=O) groups is 2. The van der Waals surface area contributed by atoms with E-state index in [9.17, 15) is 9.59 Å². The molecule has 5 nitrogen and oxygen atoms in total. The first-order chi connectivity index (χ1) is 9.13. The molecular weight excluding hydrogens is 244 g/mol. The highest BCUT2D eigenvalue weighted by atomic mass is 16.5. The summed E-state index contributed by atoms with van der Waals surface area (Å²) in [6.45, 7) is 1.75. The molecule has 0 atom stereocenters. The van der Waals surface area contributed by atoms with Crippen molar-refractivity contribution < 1.29 is 14.3 Å². The van der Waals surface area contributed by atoms with E-state index in [1.807, 2.05) is 4.90 Å². The molecule has 2 N–H and O–H groups in total. The zero-order valence-corrected chi connectivity index (χ0v) is 11.7. The minimum atomic E-state index is -0.321. The lowest BCUT2D eigenvalue weighted by molar-refractivity contribution is -0.151. The fourth-order valence-electron chi connectivity index (χ4n) is 3.38. The van der Waals surface area contributed by atoms with Gasteiger partial charge in [-0.1, -0.05) is 12.8 Å². The van der Waals surface area contributed by atoms with E-state index in [0.717, 1.165) is 25.7 Å². The molecule has 1 saturated heterocycles. The van der Waals surface area contributed by atoms with E-state index in [4.69, 9.17) is 10.5 Å². The topological polar surface area (TPSA) is 72.6 Å². The van der Waals surface area contributed by atoms with Gasteiger partial charge in [-0.25, -0.2) is 0 Å². The fraction of sp³-hybridized carbons (Fsp3) is 0.857. The average molecular weight is 268 g/mol. The second-order valence-electron chi connectivity index (χ2n) is 5.78. The van der Waals surface area contributed by atoms with Gasteiger partial charge in [-0.3, -0.25) is 9.59 Å². The normalized spacial score (nSPS) is 23.4. The lowest BCUT2D eigenvalue weighted by Gasteiger charge is -2.37. The average Bonchev–Trinajstić information content (AvgIpc) is 2.96. The number of rotatable bonds is 3. The highest BCUT2D eigenvalue weighted by molar-refractivity contribution is 5.83. The second-order valence-corrected chi connectivity index (χ2v) is 5.78. The van der Waals surface area contributed by atoms with Crippen molar-refractivity contribution in [2.75, 3.05) is 26.7 Å². The predicted molar refractivity (Wildman–Crippen MR) is 71.3 cm³/mol. The highest BCUT2D eigenvalue weighted by Gasteiger charge is 2.43. The van der Waals surface area contributed by atoms with Gasteiger partial charge in [0.15, 0.2) is 0 Å². The Kier molecular flexibility index (Phi) is 4.45. The molecule has 0 radical (unpaired) electrons. The Labute approximate surface area is 114 Å². The molecule has 0 spiro atoms. The number of nitrogens with zero attached hydrogens (tertiary/aromatic N) is 1. The van der Waals surface area contributed by atoms with E-state index in [-0.39, 0.29) is 23.2 Å². The van der Waals surface area contributed by atoms with Crippen molar-refractivity contribution >= 4 is 11.9 Å². The van der Waals surface area contributed by atoms with Crippen LogP contribution in [-0.2, 0) is 14.3 Å². The van der Waals surface area contributed by atoms with Crippen LogP contribution in [0, 0.1) is 11.3 Å². The van der Waals surface area contributed by atoms with Crippen LogP contribution in [0.5, 0.6) is 0 Å². The summed E-state index contributed by atoms with van der Waals surface area (Å²) in [7, 11) is 1.42. The third-order valence-corrected chi connectivity index (χ3v) is 4.72. The van der Waals surface area contributed by atoms with Gasteiger partial charge in [0.2, 0.25) is 5.91 Å². The van der Waals surface area contributed by atoms with E-state index in [0.29, 0.717) is 32.5 Å². The lowest BCUT2D eigenvalue weighted by Crippen LogP contribution is -2.50. The van der Waals surface area contributed by atoms with Crippen LogP contribution in [0.3, 0.4) is 0 Å². The summed E-state index contributed by atoms with van der Waals surface area (Å²) < 4.78 is 4.76. The Morgan fingerprint density at radius 1 is 1.26 bits per heavy atom. The molecule has 1 aliphatic carbocycles. The van der Waals surface area contributed by atoms with Gasteiger partial charge in [-0.05, 0) is 25.7 Å². The monoisotopic (exact) mass is 268 g/mol. The number of carbonyl (C=O) groups excluding carboxylic acids is 2. The van der Waals surface area contributed by atoms with Crippen LogP contribution in [0.25, 0.3) is 0 Å². The highest BCUT2D eigenvalue weighted by Crippen LogP contribution is 2.39. The van der Waals surface area contributed by atoms with E-state index < -0.39 is 0 Å². The molecule has 0 aromatic heterocycles. The molecular formula is C14H24N2O3. The molecule has 1 heterocycles. The quantitative estimate of drug-likeness (QED) is 0.772. The summed E-state index contributed by atoms with van der Waals surface area (Å²) in [5.74, 6) is 0.00349. The zero-order valence-electron chi connectivity index (χ0n) is 11.7. The number of piperidine rings is 1. The minimum Gasteiger partial charge on any atom is -0.469 e. The number of methoxy groups -OCH3 is 1. The van der Waals surface area contributed by atoms with E-state index in [1.165, 1.54) is 7.11 Å². The molecule has 2 aliphatic rings. The molecule has 0 aromatic rings. The number of likely N-dealkylation sites (tertiary alicyclic amines) is 1. The van der Waals surface area contributed by atoms with Crippen LogP contribution in [0.1, 0.15) is 38.5 Å². The first kappa shape index (κ1) is 14.3. The Morgan fingerprint density at radius 2 is 1.84 bits per heavy atom. The van der Waals surface area contributed by atoms with Crippen LogP contribution in [0.2, 0.25) is 0 Å². The molecule has 0 bridgehead atoms. The number of nitrogens with two attached hydrogens (primary N) is 1. The van der Waals surface area contributed by atoms with Crippen LogP contribution in [0.15, 0.2) is 0 Å². The van der Waals surface area contributed by atoms with Gasteiger partial charge in [0.25, 0.3) is 0 Å². The van der Waals surface area contributed by atoms with Crippen LogP contribution in [0.4, 0.5) is 0 Å². The molecule has 5 heteroatoms. The van der Waals surface area contributed by atoms with Gasteiger partial charge in [0, 0.05) is 19.6 Å². The predicted octanol–water partition coefficient (Wildman–Crippen LogP) is 0.917. The molecule has 108 valence electrons. The van der Waals surface area contributed by atoms with Gasteiger partial charge in [0.05, 0.1) is 18.4 Å². The number of esters is 1. The number of hydrogen-bond donors (Lipinski definition) is 1. The third kappa shape index (κ3) is 2.76. The molecule has 2 fully saturated rings. The van der Waals surface area contributed by atoms with Crippen molar-refractivity contribution in [3.05, 3.63) is 0 Å². The summed E-state index contributed by atoms with van der Waals surface area (Å²) in [5.41, 5.74) is 5.53. The van der Waals surface area contributed by atoms with Crippen LogP contribution < -0.4 is 5.73 Å². The zero-order chi connectivity index (χ0) is 13.9. The van der Waals surface area contributed by atoms with Crippen molar-refractivity contribution in [1.29, 1.82) is 0 Å². The SMILES string of the molecule is COC(=O)C1CCN(C(=O)C2(CN)CCCC2)CC1. The summed E-state index contributed by atoms with van der Waals surface area (Å²) in [4.78, 5) is 26.0. The minimum absolute atomic E-state index is 0.0496. The maximum absolute atomic E-state index is 12.6. The van der Waals surface area contributed by atoms with Gasteiger partial charge in [-0.15, -0.1) is 0 Å². The number of ether oxygens (including phenoxy) is 1. The molecule has 1 aliphatic heterocycles. The van der Waals surface area contributed by atoms with Gasteiger partial charge in [-0.2, -0.15) is 0 Å². The van der Waals surface area contributed by atoms with Crippen molar-refractivity contribution in [3.8, 4) is 0 Å². The molecule has 2 rings (SSSR count). The van der Waals surface area contributed by atoms with Crippen molar-refractivity contribution in [2.45, 2.75) is 38.5 Å². The van der Waals surface area contributed by atoms with Gasteiger partial charge < -0.3 is 15.4 Å². The third-order valence-electron chi connectivity index (χ3n) is 4.72. The summed E-state index contributed by atoms with van der Waals surface area (Å²) in [5, 5.41) is 0.